The Morgan fingerprint density at radius 3 is 2.70 bits per heavy atom. The van der Waals surface area contributed by atoms with Crippen LogP contribution in [0.4, 0.5) is 4.39 Å². The van der Waals surface area contributed by atoms with E-state index in [1.807, 2.05) is 20.8 Å². The third-order valence-electron chi connectivity index (χ3n) is 2.85. The number of halogens is 1. The average Bonchev–Trinajstić information content (AvgIpc) is 2.71. The van der Waals surface area contributed by atoms with Crippen molar-refractivity contribution in [1.82, 2.24) is 4.98 Å². The first-order valence-electron chi connectivity index (χ1n) is 6.38. The van der Waals surface area contributed by atoms with Crippen molar-refractivity contribution >= 4 is 17.3 Å². The van der Waals surface area contributed by atoms with Gasteiger partial charge in [0.2, 0.25) is 0 Å². The van der Waals surface area contributed by atoms with E-state index >= 15 is 0 Å². The SMILES string of the molecule is Cc1ccc(-c2nc(CC(C)C)c(C(=O)O)s2)c(F)c1. The molecule has 2 aromatic rings. The van der Waals surface area contributed by atoms with Crippen molar-refractivity contribution < 1.29 is 14.3 Å². The molecule has 0 aliphatic rings. The highest BCUT2D eigenvalue weighted by Gasteiger charge is 2.20. The first kappa shape index (κ1) is 14.7. The van der Waals surface area contributed by atoms with Gasteiger partial charge in [-0.15, -0.1) is 11.3 Å². The molecule has 2 rings (SSSR count). The molecule has 0 amide bonds. The summed E-state index contributed by atoms with van der Waals surface area (Å²) >= 11 is 1.03. The van der Waals surface area contributed by atoms with E-state index in [9.17, 15) is 14.3 Å². The molecule has 1 N–H and O–H groups in total. The smallest absolute Gasteiger partial charge is 0.347 e. The summed E-state index contributed by atoms with van der Waals surface area (Å²) in [6.07, 6.45) is 0.575. The number of hydrogen-bond acceptors (Lipinski definition) is 3. The van der Waals surface area contributed by atoms with Gasteiger partial charge in [0.15, 0.2) is 0 Å². The first-order valence-corrected chi connectivity index (χ1v) is 7.19. The number of benzene rings is 1. The van der Waals surface area contributed by atoms with Crippen LogP contribution in [0.15, 0.2) is 18.2 Å². The lowest BCUT2D eigenvalue weighted by atomic mass is 10.1. The van der Waals surface area contributed by atoms with Crippen LogP contribution in [0.2, 0.25) is 0 Å². The van der Waals surface area contributed by atoms with E-state index in [0.717, 1.165) is 16.9 Å². The number of rotatable bonds is 4. The summed E-state index contributed by atoms with van der Waals surface area (Å²) in [5.74, 6) is -1.07. The van der Waals surface area contributed by atoms with Crippen LogP contribution in [0.1, 0.15) is 34.8 Å². The van der Waals surface area contributed by atoms with Gasteiger partial charge in [-0.3, -0.25) is 0 Å². The summed E-state index contributed by atoms with van der Waals surface area (Å²) in [6, 6.07) is 4.87. The van der Waals surface area contributed by atoms with Gasteiger partial charge >= 0.3 is 5.97 Å². The normalized spacial score (nSPS) is 11.1. The lowest BCUT2D eigenvalue weighted by Crippen LogP contribution is -2.02. The summed E-state index contributed by atoms with van der Waals surface area (Å²) in [7, 11) is 0. The van der Waals surface area contributed by atoms with Crippen LogP contribution in [-0.2, 0) is 6.42 Å². The minimum absolute atomic E-state index is 0.202. The van der Waals surface area contributed by atoms with Crippen molar-refractivity contribution in [1.29, 1.82) is 0 Å². The molecular formula is C15H16FNO2S. The Morgan fingerprint density at radius 2 is 2.15 bits per heavy atom. The van der Waals surface area contributed by atoms with Crippen molar-refractivity contribution in [2.24, 2.45) is 5.92 Å². The molecule has 3 nitrogen and oxygen atoms in total. The molecule has 0 bridgehead atoms. The van der Waals surface area contributed by atoms with Crippen molar-refractivity contribution in [3.05, 3.63) is 40.2 Å². The fourth-order valence-electron chi connectivity index (χ4n) is 1.95. The standard InChI is InChI=1S/C15H16FNO2S/c1-8(2)6-12-13(15(18)19)20-14(17-12)10-5-4-9(3)7-11(10)16/h4-5,7-8H,6H2,1-3H3,(H,18,19). The van der Waals surface area contributed by atoms with Gasteiger partial charge in [-0.25, -0.2) is 14.2 Å². The fourth-order valence-corrected chi connectivity index (χ4v) is 2.91. The minimum atomic E-state index is -1.00. The Kier molecular flexibility index (Phi) is 4.18. The molecule has 0 atom stereocenters. The average molecular weight is 293 g/mol. The first-order chi connectivity index (χ1) is 9.38. The van der Waals surface area contributed by atoms with Crippen LogP contribution >= 0.6 is 11.3 Å². The van der Waals surface area contributed by atoms with Crippen LogP contribution < -0.4 is 0 Å². The van der Waals surface area contributed by atoms with Gasteiger partial charge in [-0.05, 0) is 37.0 Å². The molecular weight excluding hydrogens is 277 g/mol. The van der Waals surface area contributed by atoms with E-state index in [0.29, 0.717) is 28.6 Å². The maximum Gasteiger partial charge on any atom is 0.347 e. The highest BCUT2D eigenvalue weighted by atomic mass is 32.1. The molecule has 0 saturated heterocycles. The molecule has 1 aromatic carbocycles. The Morgan fingerprint density at radius 1 is 1.45 bits per heavy atom. The number of carbonyl (C=O) groups is 1. The van der Waals surface area contributed by atoms with Gasteiger partial charge in [0.1, 0.15) is 15.7 Å². The minimum Gasteiger partial charge on any atom is -0.477 e. The quantitative estimate of drug-likeness (QED) is 0.921. The molecule has 0 saturated carbocycles. The monoisotopic (exact) mass is 293 g/mol. The molecule has 20 heavy (non-hydrogen) atoms. The maximum absolute atomic E-state index is 14.0. The largest absolute Gasteiger partial charge is 0.477 e. The second-order valence-electron chi connectivity index (χ2n) is 5.18. The Balaban J connectivity index is 2.49. The molecule has 0 aliphatic carbocycles. The second kappa shape index (κ2) is 5.71. The lowest BCUT2D eigenvalue weighted by molar-refractivity contribution is 0.0700. The van der Waals surface area contributed by atoms with Gasteiger partial charge < -0.3 is 5.11 Å². The number of aromatic nitrogens is 1. The Hall–Kier alpha value is -1.75. The van der Waals surface area contributed by atoms with Gasteiger partial charge in [-0.1, -0.05) is 19.9 Å². The number of nitrogens with zero attached hydrogens (tertiary/aromatic N) is 1. The number of carboxylic acid groups (broad SMARTS) is 1. The van der Waals surface area contributed by atoms with Crippen LogP contribution in [0.5, 0.6) is 0 Å². The maximum atomic E-state index is 14.0. The van der Waals surface area contributed by atoms with Crippen LogP contribution in [0, 0.1) is 18.7 Å². The van der Waals surface area contributed by atoms with Crippen LogP contribution in [-0.4, -0.2) is 16.1 Å². The Bertz CT molecular complexity index is 649. The van der Waals surface area contributed by atoms with Crippen molar-refractivity contribution in [2.45, 2.75) is 27.2 Å². The number of thiazole rings is 1. The highest BCUT2D eigenvalue weighted by molar-refractivity contribution is 7.17. The number of aromatic carboxylic acids is 1. The zero-order valence-electron chi connectivity index (χ0n) is 11.6. The van der Waals surface area contributed by atoms with E-state index < -0.39 is 5.97 Å². The van der Waals surface area contributed by atoms with E-state index in [-0.39, 0.29) is 10.7 Å². The number of aryl methyl sites for hydroxylation is 1. The van der Waals surface area contributed by atoms with Crippen molar-refractivity contribution in [3.63, 3.8) is 0 Å². The summed E-state index contributed by atoms with van der Waals surface area (Å²) in [5, 5.41) is 9.66. The van der Waals surface area contributed by atoms with E-state index in [1.54, 1.807) is 12.1 Å². The molecule has 1 heterocycles. The molecule has 0 radical (unpaired) electrons. The Labute approximate surface area is 121 Å². The van der Waals surface area contributed by atoms with Crippen molar-refractivity contribution in [2.75, 3.05) is 0 Å². The molecule has 0 spiro atoms. The van der Waals surface area contributed by atoms with Crippen LogP contribution in [0.3, 0.4) is 0 Å². The third-order valence-corrected chi connectivity index (χ3v) is 3.97. The van der Waals surface area contributed by atoms with E-state index in [2.05, 4.69) is 4.98 Å². The fraction of sp³-hybridized carbons (Fsp3) is 0.333. The van der Waals surface area contributed by atoms with Gasteiger partial charge in [-0.2, -0.15) is 0 Å². The summed E-state index contributed by atoms with van der Waals surface area (Å²) in [6.45, 7) is 5.80. The molecule has 0 fully saturated rings. The summed E-state index contributed by atoms with van der Waals surface area (Å²) in [4.78, 5) is 15.8. The summed E-state index contributed by atoms with van der Waals surface area (Å²) in [5.41, 5.74) is 1.72. The predicted octanol–water partition coefficient (Wildman–Crippen LogP) is 4.15. The molecule has 0 aliphatic heterocycles. The van der Waals surface area contributed by atoms with Crippen LogP contribution in [0.25, 0.3) is 10.6 Å². The van der Waals surface area contributed by atoms with E-state index in [1.165, 1.54) is 6.07 Å². The molecule has 5 heteroatoms. The molecule has 0 unspecified atom stereocenters. The number of carboxylic acids is 1. The molecule has 106 valence electrons. The van der Waals surface area contributed by atoms with Gasteiger partial charge in [0.25, 0.3) is 0 Å². The van der Waals surface area contributed by atoms with E-state index in [4.69, 9.17) is 0 Å². The molecule has 1 aromatic heterocycles. The number of hydrogen-bond donors (Lipinski definition) is 1. The highest BCUT2D eigenvalue weighted by Crippen LogP contribution is 2.31. The third kappa shape index (κ3) is 3.04. The van der Waals surface area contributed by atoms with Crippen molar-refractivity contribution in [3.8, 4) is 10.6 Å². The zero-order valence-corrected chi connectivity index (χ0v) is 12.4. The van der Waals surface area contributed by atoms with Gasteiger partial charge in [0.05, 0.1) is 5.69 Å². The second-order valence-corrected chi connectivity index (χ2v) is 6.18. The topological polar surface area (TPSA) is 50.2 Å². The zero-order chi connectivity index (χ0) is 14.9. The summed E-state index contributed by atoms with van der Waals surface area (Å²) < 4.78 is 14.0. The van der Waals surface area contributed by atoms with Gasteiger partial charge in [0, 0.05) is 5.56 Å². The predicted molar refractivity (Wildman–Crippen MR) is 77.7 cm³/mol. The lowest BCUT2D eigenvalue weighted by Gasteiger charge is -2.02.